The summed E-state index contributed by atoms with van der Waals surface area (Å²) in [6.07, 6.45) is -1.11. The van der Waals surface area contributed by atoms with Crippen molar-refractivity contribution in [1.29, 1.82) is 0 Å². The number of anilines is 1. The Labute approximate surface area is 142 Å². The van der Waals surface area contributed by atoms with Gasteiger partial charge in [0, 0.05) is 17.3 Å². The quantitative estimate of drug-likeness (QED) is 0.856. The largest absolute Gasteiger partial charge is 0.435 e. The first-order valence-corrected chi connectivity index (χ1v) is 8.22. The van der Waals surface area contributed by atoms with Gasteiger partial charge in [0.25, 0.3) is 5.91 Å². The number of hydrogen-bond donors (Lipinski definition) is 1. The summed E-state index contributed by atoms with van der Waals surface area (Å²) in [5.41, 5.74) is -1.36. The lowest BCUT2D eigenvalue weighted by Gasteiger charge is -2.17. The van der Waals surface area contributed by atoms with Gasteiger partial charge in [0.2, 0.25) is 0 Å². The maximum Gasteiger partial charge on any atom is 0.435 e. The van der Waals surface area contributed by atoms with Crippen LogP contribution in [0.3, 0.4) is 0 Å². The third-order valence-electron chi connectivity index (χ3n) is 3.28. The topological polar surface area (TPSA) is 54.9 Å². The number of rotatable bonds is 4. The van der Waals surface area contributed by atoms with Crippen LogP contribution in [0.15, 0.2) is 23.8 Å². The highest BCUT2D eigenvalue weighted by Crippen LogP contribution is 2.31. The Balaban J connectivity index is 2.19. The lowest BCUT2D eigenvalue weighted by Crippen LogP contribution is -2.22. The van der Waals surface area contributed by atoms with Gasteiger partial charge in [0.05, 0.1) is 5.69 Å². The molecular formula is C16H18F3N3OS. The molecule has 0 bridgehead atoms. The van der Waals surface area contributed by atoms with Gasteiger partial charge in [-0.05, 0) is 29.7 Å². The number of amides is 1. The molecule has 0 fully saturated rings. The monoisotopic (exact) mass is 357 g/mol. The van der Waals surface area contributed by atoms with Gasteiger partial charge in [-0.25, -0.2) is 9.97 Å². The highest BCUT2D eigenvalue weighted by atomic mass is 32.1. The number of aryl methyl sites for hydroxylation is 1. The highest BCUT2D eigenvalue weighted by molar-refractivity contribution is 7.10. The van der Waals surface area contributed by atoms with Crippen LogP contribution in [0.2, 0.25) is 0 Å². The summed E-state index contributed by atoms with van der Waals surface area (Å²) in [5, 5.41) is 4.33. The van der Waals surface area contributed by atoms with Crippen LogP contribution in [0.25, 0.3) is 0 Å². The predicted octanol–water partition coefficient (Wildman–Crippen LogP) is 4.79. The maximum atomic E-state index is 12.9. The summed E-state index contributed by atoms with van der Waals surface area (Å²) in [6.45, 7) is 6.32. The molecule has 0 aliphatic carbocycles. The Morgan fingerprint density at radius 3 is 2.50 bits per heavy atom. The first-order valence-electron chi connectivity index (χ1n) is 7.34. The van der Waals surface area contributed by atoms with Crippen LogP contribution < -0.4 is 5.32 Å². The van der Waals surface area contributed by atoms with Gasteiger partial charge in [-0.2, -0.15) is 13.2 Å². The summed E-state index contributed by atoms with van der Waals surface area (Å²) in [7, 11) is 0. The van der Waals surface area contributed by atoms with Crippen molar-refractivity contribution < 1.29 is 18.0 Å². The highest BCUT2D eigenvalue weighted by Gasteiger charge is 2.38. The molecule has 0 radical (unpaired) electrons. The molecule has 0 spiro atoms. The Morgan fingerprint density at radius 1 is 1.21 bits per heavy atom. The van der Waals surface area contributed by atoms with E-state index in [1.807, 2.05) is 0 Å². The van der Waals surface area contributed by atoms with Gasteiger partial charge in [0.15, 0.2) is 11.4 Å². The van der Waals surface area contributed by atoms with Crippen molar-refractivity contribution in [1.82, 2.24) is 9.97 Å². The molecule has 8 heteroatoms. The summed E-state index contributed by atoms with van der Waals surface area (Å²) < 4.78 is 38.8. The molecule has 4 nitrogen and oxygen atoms in total. The molecule has 2 aromatic rings. The van der Waals surface area contributed by atoms with E-state index in [0.29, 0.717) is 5.69 Å². The predicted molar refractivity (Wildman–Crippen MR) is 87.1 cm³/mol. The number of alkyl halides is 3. The van der Waals surface area contributed by atoms with E-state index in [0.717, 1.165) is 30.1 Å². The molecule has 2 heterocycles. The van der Waals surface area contributed by atoms with Crippen molar-refractivity contribution in [2.24, 2.45) is 5.41 Å². The van der Waals surface area contributed by atoms with Gasteiger partial charge >= 0.3 is 6.18 Å². The van der Waals surface area contributed by atoms with Gasteiger partial charge in [-0.1, -0.05) is 20.8 Å². The number of carbonyl (C=O) groups excluding carboxylic acids is 1. The molecule has 2 aromatic heterocycles. The van der Waals surface area contributed by atoms with E-state index in [9.17, 15) is 18.0 Å². The molecule has 0 unspecified atom stereocenters. The normalized spacial score (nSPS) is 12.2. The first-order chi connectivity index (χ1) is 11.1. The van der Waals surface area contributed by atoms with E-state index in [1.165, 1.54) is 11.3 Å². The van der Waals surface area contributed by atoms with E-state index in [-0.39, 0.29) is 5.41 Å². The summed E-state index contributed by atoms with van der Waals surface area (Å²) >= 11 is 1.46. The molecule has 130 valence electrons. The number of halogens is 3. The van der Waals surface area contributed by atoms with E-state index >= 15 is 0 Å². The van der Waals surface area contributed by atoms with Gasteiger partial charge in [-0.3, -0.25) is 4.79 Å². The summed E-state index contributed by atoms with van der Waals surface area (Å²) in [5.74, 6) is -0.911. The van der Waals surface area contributed by atoms with Crippen LogP contribution in [0, 0.1) is 5.41 Å². The molecule has 0 atom stereocenters. The molecule has 0 aromatic carbocycles. The smallest absolute Gasteiger partial charge is 0.320 e. The van der Waals surface area contributed by atoms with Gasteiger partial charge in [0.1, 0.15) is 0 Å². The van der Waals surface area contributed by atoms with Crippen LogP contribution in [0.4, 0.5) is 18.9 Å². The van der Waals surface area contributed by atoms with E-state index in [1.54, 1.807) is 11.4 Å². The Morgan fingerprint density at radius 2 is 1.88 bits per heavy atom. The molecule has 0 aliphatic rings. The number of nitrogens with zero attached hydrogens (tertiary/aromatic N) is 2. The second-order valence-corrected chi connectivity index (χ2v) is 7.52. The van der Waals surface area contributed by atoms with Crippen molar-refractivity contribution in [2.45, 2.75) is 39.8 Å². The van der Waals surface area contributed by atoms with Crippen molar-refractivity contribution >= 4 is 22.9 Å². The zero-order chi connectivity index (χ0) is 18.0. The number of thiophene rings is 1. The molecule has 0 saturated heterocycles. The minimum atomic E-state index is -4.73. The van der Waals surface area contributed by atoms with E-state index in [2.05, 4.69) is 36.1 Å². The maximum absolute atomic E-state index is 12.9. The molecule has 24 heavy (non-hydrogen) atoms. The summed E-state index contributed by atoms with van der Waals surface area (Å²) in [6, 6.07) is 1.68. The van der Waals surface area contributed by atoms with Gasteiger partial charge < -0.3 is 5.32 Å². The average molecular weight is 357 g/mol. The Bertz CT molecular complexity index is 720. The first kappa shape index (κ1) is 18.4. The Kier molecular flexibility index (Phi) is 5.27. The number of nitrogens with one attached hydrogen (secondary N) is 1. The minimum Gasteiger partial charge on any atom is -0.320 e. The van der Waals surface area contributed by atoms with Crippen molar-refractivity contribution in [2.75, 3.05) is 5.32 Å². The standard InChI is InChI=1S/C16H18F3N3OS/c1-15(2,3)6-4-11-10(5-9-24-11)22-14(23)12-13(16(17,18)19)21-8-7-20-12/h5,7-9H,4,6H2,1-3H3,(H,22,23). The van der Waals surface area contributed by atoms with Crippen molar-refractivity contribution in [3.63, 3.8) is 0 Å². The second-order valence-electron chi connectivity index (χ2n) is 6.52. The third kappa shape index (κ3) is 4.77. The molecule has 1 N–H and O–H groups in total. The number of carbonyl (C=O) groups is 1. The Hall–Kier alpha value is -1.96. The lowest BCUT2D eigenvalue weighted by molar-refractivity contribution is -0.141. The molecule has 2 rings (SSSR count). The fraction of sp³-hybridized carbons (Fsp3) is 0.438. The molecule has 0 aliphatic heterocycles. The number of aromatic nitrogens is 2. The van der Waals surface area contributed by atoms with Crippen LogP contribution in [-0.2, 0) is 12.6 Å². The second kappa shape index (κ2) is 6.88. The molecule has 0 saturated carbocycles. The minimum absolute atomic E-state index is 0.125. The van der Waals surface area contributed by atoms with Crippen LogP contribution >= 0.6 is 11.3 Å². The van der Waals surface area contributed by atoms with E-state index < -0.39 is 23.5 Å². The summed E-state index contributed by atoms with van der Waals surface area (Å²) in [4.78, 5) is 19.9. The zero-order valence-corrected chi connectivity index (χ0v) is 14.4. The van der Waals surface area contributed by atoms with Crippen LogP contribution in [0.5, 0.6) is 0 Å². The van der Waals surface area contributed by atoms with Crippen LogP contribution in [-0.4, -0.2) is 15.9 Å². The van der Waals surface area contributed by atoms with Gasteiger partial charge in [-0.15, -0.1) is 11.3 Å². The zero-order valence-electron chi connectivity index (χ0n) is 13.6. The fourth-order valence-electron chi connectivity index (χ4n) is 2.03. The lowest BCUT2D eigenvalue weighted by atomic mass is 9.90. The number of hydrogen-bond acceptors (Lipinski definition) is 4. The molecular weight excluding hydrogens is 339 g/mol. The fourth-order valence-corrected chi connectivity index (χ4v) is 2.86. The molecule has 1 amide bonds. The SMILES string of the molecule is CC(C)(C)CCc1sccc1NC(=O)c1nccnc1C(F)(F)F. The third-order valence-corrected chi connectivity index (χ3v) is 4.26. The van der Waals surface area contributed by atoms with Crippen LogP contribution in [0.1, 0.15) is 48.3 Å². The van der Waals surface area contributed by atoms with Crippen molar-refractivity contribution in [3.8, 4) is 0 Å². The van der Waals surface area contributed by atoms with Crippen molar-refractivity contribution in [3.05, 3.63) is 40.1 Å². The van der Waals surface area contributed by atoms with E-state index in [4.69, 9.17) is 0 Å². The average Bonchev–Trinajstić information content (AvgIpc) is 2.90.